The molecule has 0 radical (unpaired) electrons. The monoisotopic (exact) mass is 162 g/mol. The molecule has 0 spiro atoms. The molecule has 0 atom stereocenters. The molecule has 0 bridgehead atoms. The third-order valence-electron chi connectivity index (χ3n) is 1.19. The predicted molar refractivity (Wildman–Crippen MR) is 45.5 cm³/mol. The molecular formula is C7H11LiN2O2. The van der Waals surface area contributed by atoms with Crippen molar-refractivity contribution in [2.75, 3.05) is 0 Å². The number of carbonyl (C=O) groups is 1. The van der Waals surface area contributed by atoms with Crippen molar-refractivity contribution in [2.45, 2.75) is 26.2 Å². The van der Waals surface area contributed by atoms with Gasteiger partial charge in [0.25, 0.3) is 0 Å². The summed E-state index contributed by atoms with van der Waals surface area (Å²) in [6.07, 6.45) is 0.568. The average Bonchev–Trinajstić information content (AvgIpc) is 2.32. The van der Waals surface area contributed by atoms with E-state index in [1.54, 1.807) is 0 Å². The van der Waals surface area contributed by atoms with Gasteiger partial charge in [0.1, 0.15) is 0 Å². The second kappa shape index (κ2) is 3.88. The van der Waals surface area contributed by atoms with E-state index in [-0.39, 0.29) is 30.1 Å². The first-order valence-electron chi connectivity index (χ1n) is 3.33. The van der Waals surface area contributed by atoms with E-state index in [0.29, 0.717) is 12.2 Å². The van der Waals surface area contributed by atoms with E-state index < -0.39 is 0 Å². The van der Waals surface area contributed by atoms with Crippen molar-refractivity contribution in [3.63, 3.8) is 0 Å². The number of carbonyl (C=O) groups excluding carboxylic acids is 1. The van der Waals surface area contributed by atoms with Crippen LogP contribution in [0, 0.1) is 0 Å². The molecule has 1 aromatic heterocycles. The topological polar surface area (TPSA) is 56.0 Å². The molecule has 12 heavy (non-hydrogen) atoms. The molecule has 0 saturated heterocycles. The summed E-state index contributed by atoms with van der Waals surface area (Å²) in [5.74, 6) is 0.592. The third-order valence-corrected chi connectivity index (χ3v) is 1.19. The van der Waals surface area contributed by atoms with Gasteiger partial charge in [-0.15, -0.1) is 0 Å². The fourth-order valence-corrected chi connectivity index (χ4v) is 0.587. The van der Waals surface area contributed by atoms with E-state index in [1.807, 2.05) is 20.8 Å². The molecule has 62 valence electrons. The summed E-state index contributed by atoms with van der Waals surface area (Å²) < 4.78 is 4.83. The third kappa shape index (κ3) is 2.47. The van der Waals surface area contributed by atoms with Gasteiger partial charge in [-0.3, -0.25) is 4.79 Å². The van der Waals surface area contributed by atoms with Gasteiger partial charge in [0.05, 0.1) is 0 Å². The Morgan fingerprint density at radius 1 is 1.42 bits per heavy atom. The van der Waals surface area contributed by atoms with E-state index in [9.17, 15) is 4.79 Å². The number of hydrogen-bond acceptors (Lipinski definition) is 4. The van der Waals surface area contributed by atoms with Crippen LogP contribution in [0.25, 0.3) is 0 Å². The van der Waals surface area contributed by atoms with E-state index in [4.69, 9.17) is 4.52 Å². The Kier molecular flexibility index (Phi) is 3.69. The molecule has 0 aromatic carbocycles. The maximum absolute atomic E-state index is 10.2. The van der Waals surface area contributed by atoms with Gasteiger partial charge in [-0.05, 0) is 0 Å². The molecule has 4 nitrogen and oxygen atoms in total. The Hall–Kier alpha value is -0.593. The van der Waals surface area contributed by atoms with Crippen LogP contribution in [0.4, 0.5) is 0 Å². The van der Waals surface area contributed by atoms with Crippen molar-refractivity contribution >= 4 is 25.1 Å². The number of aldehydes is 1. The summed E-state index contributed by atoms with van der Waals surface area (Å²) in [4.78, 5) is 14.0. The molecule has 0 saturated carbocycles. The molecule has 0 unspecified atom stereocenters. The summed E-state index contributed by atoms with van der Waals surface area (Å²) in [5.41, 5.74) is -0.186. The zero-order valence-corrected chi connectivity index (χ0v) is 6.79. The van der Waals surface area contributed by atoms with Gasteiger partial charge in [0, 0.05) is 5.41 Å². The maximum atomic E-state index is 10.2. The van der Waals surface area contributed by atoms with Crippen LogP contribution >= 0.6 is 0 Å². The number of aromatic nitrogens is 2. The minimum atomic E-state index is -0.186. The molecule has 0 amide bonds. The number of hydrogen-bond donors (Lipinski definition) is 0. The molecule has 1 rings (SSSR count). The van der Waals surface area contributed by atoms with Crippen molar-refractivity contribution in [3.8, 4) is 0 Å². The first-order valence-corrected chi connectivity index (χ1v) is 3.33. The number of nitrogens with zero attached hydrogens (tertiary/aromatic N) is 2. The van der Waals surface area contributed by atoms with Crippen molar-refractivity contribution in [1.29, 1.82) is 0 Å². The van der Waals surface area contributed by atoms with Gasteiger partial charge in [-0.2, -0.15) is 4.98 Å². The van der Waals surface area contributed by atoms with Gasteiger partial charge in [0.2, 0.25) is 11.7 Å². The summed E-state index contributed by atoms with van der Waals surface area (Å²) in [5, 5.41) is 3.45. The quantitative estimate of drug-likeness (QED) is 0.446. The van der Waals surface area contributed by atoms with Crippen LogP contribution in [0.2, 0.25) is 0 Å². The second-order valence-electron chi connectivity index (χ2n) is 3.33. The molecule has 0 fully saturated rings. The van der Waals surface area contributed by atoms with E-state index in [2.05, 4.69) is 10.1 Å². The van der Waals surface area contributed by atoms with Crippen molar-refractivity contribution in [1.82, 2.24) is 10.1 Å². The van der Waals surface area contributed by atoms with Crippen LogP contribution in [0.15, 0.2) is 4.52 Å². The van der Waals surface area contributed by atoms with E-state index in [0.717, 1.165) is 0 Å². The molecule has 1 heterocycles. The zero-order valence-electron chi connectivity index (χ0n) is 6.79. The summed E-state index contributed by atoms with van der Waals surface area (Å²) in [7, 11) is 0. The Labute approximate surface area is 82.9 Å². The van der Waals surface area contributed by atoms with Crippen LogP contribution in [0.5, 0.6) is 0 Å². The van der Waals surface area contributed by atoms with Crippen molar-refractivity contribution in [3.05, 3.63) is 11.7 Å². The van der Waals surface area contributed by atoms with Gasteiger partial charge >= 0.3 is 18.9 Å². The summed E-state index contributed by atoms with van der Waals surface area (Å²) >= 11 is 0. The standard InChI is InChI=1S/C7H10N2O2.Li.H/c1-7(2,3)6-8-5(4-10)9-11-6;;/h4H,1-3H3;;. The fourth-order valence-electron chi connectivity index (χ4n) is 0.587. The predicted octanol–water partition coefficient (Wildman–Crippen LogP) is 0.531. The Morgan fingerprint density at radius 2 is 2.00 bits per heavy atom. The molecule has 0 aliphatic heterocycles. The minimum absolute atomic E-state index is 0. The Balaban J connectivity index is 0.00000121. The first kappa shape index (κ1) is 11.4. The van der Waals surface area contributed by atoms with Crippen molar-refractivity contribution in [2.24, 2.45) is 0 Å². The molecule has 5 heteroatoms. The second-order valence-corrected chi connectivity index (χ2v) is 3.33. The zero-order chi connectivity index (χ0) is 8.48. The number of rotatable bonds is 1. The average molecular weight is 162 g/mol. The Morgan fingerprint density at radius 3 is 2.25 bits per heavy atom. The fraction of sp³-hybridized carbons (Fsp3) is 0.571. The first-order chi connectivity index (χ1) is 5.04. The van der Waals surface area contributed by atoms with Gasteiger partial charge in [-0.1, -0.05) is 25.9 Å². The summed E-state index contributed by atoms with van der Waals surface area (Å²) in [6, 6.07) is 0. The van der Waals surface area contributed by atoms with Gasteiger partial charge in [-0.25, -0.2) is 0 Å². The van der Waals surface area contributed by atoms with Crippen LogP contribution in [0.3, 0.4) is 0 Å². The van der Waals surface area contributed by atoms with Gasteiger partial charge < -0.3 is 4.52 Å². The van der Waals surface area contributed by atoms with E-state index >= 15 is 0 Å². The van der Waals surface area contributed by atoms with Crippen LogP contribution in [0.1, 0.15) is 37.3 Å². The molecule has 1 aromatic rings. The van der Waals surface area contributed by atoms with Gasteiger partial charge in [0.15, 0.2) is 6.29 Å². The summed E-state index contributed by atoms with van der Waals surface area (Å²) in [6.45, 7) is 5.82. The molecule has 0 aliphatic rings. The van der Waals surface area contributed by atoms with Crippen LogP contribution < -0.4 is 0 Å². The molecule has 0 N–H and O–H groups in total. The van der Waals surface area contributed by atoms with Crippen LogP contribution in [-0.4, -0.2) is 35.3 Å². The Bertz CT molecular complexity index is 265. The van der Waals surface area contributed by atoms with Crippen LogP contribution in [-0.2, 0) is 5.41 Å². The van der Waals surface area contributed by atoms with E-state index in [1.165, 1.54) is 0 Å². The normalized spacial score (nSPS) is 10.6. The molecular weight excluding hydrogens is 151 g/mol. The SMILES string of the molecule is CC(C)(C)c1nc(C=O)no1.[LiH]. The molecule has 0 aliphatic carbocycles. The van der Waals surface area contributed by atoms with Crippen molar-refractivity contribution < 1.29 is 9.32 Å².